The SMILES string of the molecule is [2H]C([2H])([2H])c1c(C)n(C)c2c1c1ccccc1n2-c1n(-c2c(C)cccc2C)cc[n+]1C. The predicted octanol–water partition coefficient (Wildman–Crippen LogP) is 4.97. The van der Waals surface area contributed by atoms with Gasteiger partial charge in [-0.05, 0) is 50.4 Å². The van der Waals surface area contributed by atoms with Gasteiger partial charge in [0.25, 0.3) is 0 Å². The summed E-state index contributed by atoms with van der Waals surface area (Å²) in [5.74, 6) is 0.950. The normalized spacial score (nSPS) is 13.8. The summed E-state index contributed by atoms with van der Waals surface area (Å²) < 4.78 is 33.2. The summed E-state index contributed by atoms with van der Waals surface area (Å²) in [7, 11) is 3.98. The van der Waals surface area contributed by atoms with Gasteiger partial charge in [0.05, 0.1) is 13.2 Å². The van der Waals surface area contributed by atoms with Gasteiger partial charge in [-0.25, -0.2) is 9.13 Å². The topological polar surface area (TPSA) is 18.7 Å². The molecule has 0 aliphatic rings. The zero-order valence-corrected chi connectivity index (χ0v) is 17.5. The zero-order chi connectivity index (χ0) is 22.9. The number of fused-ring (bicyclic) bond motifs is 3. The van der Waals surface area contributed by atoms with Crippen molar-refractivity contribution >= 4 is 21.9 Å². The molecule has 0 saturated heterocycles. The number of hydrogen-bond acceptors (Lipinski definition) is 0. The number of aromatic nitrogens is 4. The van der Waals surface area contributed by atoms with Crippen molar-refractivity contribution in [1.82, 2.24) is 13.7 Å². The molecule has 4 heteroatoms. The fourth-order valence-corrected chi connectivity index (χ4v) is 4.60. The van der Waals surface area contributed by atoms with E-state index in [1.54, 1.807) is 0 Å². The zero-order valence-electron chi connectivity index (χ0n) is 20.5. The predicted molar refractivity (Wildman–Crippen MR) is 119 cm³/mol. The number of nitrogens with zero attached hydrogens (tertiary/aromatic N) is 4. The van der Waals surface area contributed by atoms with Crippen molar-refractivity contribution in [2.24, 2.45) is 14.1 Å². The van der Waals surface area contributed by atoms with Gasteiger partial charge in [0.2, 0.25) is 0 Å². The minimum absolute atomic E-state index is 0.429. The smallest absolute Gasteiger partial charge is 0.321 e. The van der Waals surface area contributed by atoms with Crippen molar-refractivity contribution in [3.05, 3.63) is 77.2 Å². The molecule has 0 saturated carbocycles. The molecule has 146 valence electrons. The first-order chi connectivity index (χ1) is 15.1. The average molecular weight is 387 g/mol. The Morgan fingerprint density at radius 1 is 0.966 bits per heavy atom. The van der Waals surface area contributed by atoms with Gasteiger partial charge >= 0.3 is 5.95 Å². The molecule has 0 atom stereocenters. The fourth-order valence-electron chi connectivity index (χ4n) is 4.60. The van der Waals surface area contributed by atoms with E-state index in [-0.39, 0.29) is 0 Å². The number of para-hydroxylation sites is 2. The Balaban J connectivity index is 2.00. The first-order valence-electron chi connectivity index (χ1n) is 11.4. The Kier molecular flexibility index (Phi) is 3.10. The van der Waals surface area contributed by atoms with Crippen LogP contribution in [0.5, 0.6) is 0 Å². The monoisotopic (exact) mass is 386 g/mol. The summed E-state index contributed by atoms with van der Waals surface area (Å²) in [4.78, 5) is 0. The average Bonchev–Trinajstić information content (AvgIpc) is 3.33. The van der Waals surface area contributed by atoms with Crippen LogP contribution in [0.15, 0.2) is 54.9 Å². The number of rotatable bonds is 2. The van der Waals surface area contributed by atoms with Crippen LogP contribution in [0, 0.1) is 27.6 Å². The Hall–Kier alpha value is -3.27. The van der Waals surface area contributed by atoms with Crippen LogP contribution in [0.4, 0.5) is 0 Å². The Morgan fingerprint density at radius 3 is 2.41 bits per heavy atom. The van der Waals surface area contributed by atoms with Gasteiger partial charge in [-0.1, -0.05) is 36.4 Å². The van der Waals surface area contributed by atoms with Crippen molar-refractivity contribution in [1.29, 1.82) is 0 Å². The lowest BCUT2D eigenvalue weighted by Gasteiger charge is -2.11. The van der Waals surface area contributed by atoms with Crippen LogP contribution in [0.1, 0.15) is 26.5 Å². The maximum Gasteiger partial charge on any atom is 0.375 e. The third-order valence-corrected chi connectivity index (χ3v) is 6.13. The lowest BCUT2D eigenvalue weighted by atomic mass is 10.1. The van der Waals surface area contributed by atoms with Crippen molar-refractivity contribution in [3.8, 4) is 11.6 Å². The molecule has 0 aliphatic carbocycles. The first kappa shape index (κ1) is 14.7. The van der Waals surface area contributed by atoms with E-state index in [1.807, 2.05) is 50.0 Å². The molecular formula is C25H27N4+. The molecule has 5 aromatic rings. The van der Waals surface area contributed by atoms with E-state index >= 15 is 0 Å². The van der Waals surface area contributed by atoms with Crippen molar-refractivity contribution in [2.75, 3.05) is 0 Å². The Morgan fingerprint density at radius 2 is 1.69 bits per heavy atom. The van der Waals surface area contributed by atoms with Crippen LogP contribution in [0.25, 0.3) is 33.6 Å². The first-order valence-corrected chi connectivity index (χ1v) is 9.85. The maximum absolute atomic E-state index is 8.24. The second-order valence-corrected chi connectivity index (χ2v) is 7.89. The molecule has 0 bridgehead atoms. The molecular weight excluding hydrogens is 356 g/mol. The summed E-state index contributed by atoms with van der Waals surface area (Å²) in [5.41, 5.74) is 6.57. The van der Waals surface area contributed by atoms with Gasteiger partial charge in [0.1, 0.15) is 17.4 Å². The highest BCUT2D eigenvalue weighted by Crippen LogP contribution is 2.36. The van der Waals surface area contributed by atoms with Crippen LogP contribution >= 0.6 is 0 Å². The van der Waals surface area contributed by atoms with Crippen LogP contribution in [0.3, 0.4) is 0 Å². The van der Waals surface area contributed by atoms with E-state index in [9.17, 15) is 0 Å². The molecule has 0 fully saturated rings. The van der Waals surface area contributed by atoms with Gasteiger partial charge in [0.15, 0.2) is 5.65 Å². The van der Waals surface area contributed by atoms with Gasteiger partial charge in [-0.2, -0.15) is 4.57 Å². The molecule has 4 nitrogen and oxygen atoms in total. The maximum atomic E-state index is 8.24. The third-order valence-electron chi connectivity index (χ3n) is 6.13. The van der Waals surface area contributed by atoms with E-state index < -0.39 is 6.85 Å². The van der Waals surface area contributed by atoms with Crippen molar-refractivity contribution < 1.29 is 8.68 Å². The molecule has 3 aromatic heterocycles. The molecule has 0 unspecified atom stereocenters. The second-order valence-electron chi connectivity index (χ2n) is 7.89. The molecule has 5 rings (SSSR count). The molecule has 2 aromatic carbocycles. The van der Waals surface area contributed by atoms with Crippen molar-refractivity contribution in [2.45, 2.75) is 27.6 Å². The highest BCUT2D eigenvalue weighted by atomic mass is 15.3. The van der Waals surface area contributed by atoms with E-state index in [1.165, 1.54) is 11.1 Å². The highest BCUT2D eigenvalue weighted by Gasteiger charge is 2.29. The Labute approximate surface area is 175 Å². The van der Waals surface area contributed by atoms with Crippen LogP contribution < -0.4 is 4.57 Å². The standard InChI is InChI=1S/C25H27N4/c1-16-10-9-11-17(2)23(16)28-15-14-26(5)25(28)29-21-13-8-7-12-20(21)22-18(3)19(4)27(6)24(22)29/h7-15H,1-6H3/q+1/i3D3. The fraction of sp³-hybridized carbons (Fsp3) is 0.240. The lowest BCUT2D eigenvalue weighted by molar-refractivity contribution is -0.664. The van der Waals surface area contributed by atoms with Gasteiger partial charge in [-0.3, -0.25) is 0 Å². The minimum Gasteiger partial charge on any atom is -0.321 e. The molecule has 0 amide bonds. The minimum atomic E-state index is -2.20. The van der Waals surface area contributed by atoms with Gasteiger partial charge in [-0.15, -0.1) is 0 Å². The molecule has 0 N–H and O–H groups in total. The van der Waals surface area contributed by atoms with E-state index in [0.29, 0.717) is 5.56 Å². The summed E-state index contributed by atoms with van der Waals surface area (Å²) in [6.07, 6.45) is 4.12. The van der Waals surface area contributed by atoms with Crippen LogP contribution in [-0.2, 0) is 14.1 Å². The Bertz CT molecular complexity index is 1490. The number of hydrogen-bond donors (Lipinski definition) is 0. The largest absolute Gasteiger partial charge is 0.375 e. The summed E-state index contributed by atoms with van der Waals surface area (Å²) in [6.45, 7) is 3.93. The second kappa shape index (κ2) is 6.11. The number of aryl methyl sites for hydroxylation is 5. The molecule has 0 radical (unpaired) electrons. The van der Waals surface area contributed by atoms with Crippen molar-refractivity contribution in [3.63, 3.8) is 0 Å². The number of benzene rings is 2. The van der Waals surface area contributed by atoms with E-state index in [0.717, 1.165) is 39.3 Å². The lowest BCUT2D eigenvalue weighted by Crippen LogP contribution is -2.33. The van der Waals surface area contributed by atoms with Gasteiger partial charge < -0.3 is 4.57 Å². The van der Waals surface area contributed by atoms with Crippen LogP contribution in [0.2, 0.25) is 0 Å². The number of imidazole rings is 1. The summed E-state index contributed by atoms with van der Waals surface area (Å²) >= 11 is 0. The molecule has 29 heavy (non-hydrogen) atoms. The highest BCUT2D eigenvalue weighted by molar-refractivity contribution is 6.10. The van der Waals surface area contributed by atoms with E-state index in [4.69, 9.17) is 4.11 Å². The van der Waals surface area contributed by atoms with Gasteiger partial charge in [0, 0.05) is 27.6 Å². The summed E-state index contributed by atoms with van der Waals surface area (Å²) in [5, 5.41) is 1.75. The third kappa shape index (κ3) is 2.29. The quantitative estimate of drug-likeness (QED) is 0.382. The molecule has 3 heterocycles. The molecule has 0 aliphatic heterocycles. The van der Waals surface area contributed by atoms with Crippen LogP contribution in [-0.4, -0.2) is 13.7 Å². The summed E-state index contributed by atoms with van der Waals surface area (Å²) in [6, 6.07) is 14.4. The van der Waals surface area contributed by atoms with E-state index in [2.05, 4.69) is 58.0 Å². The molecule has 0 spiro atoms.